The second-order valence-corrected chi connectivity index (χ2v) is 12.6. The summed E-state index contributed by atoms with van der Waals surface area (Å²) in [5, 5.41) is 18.6. The van der Waals surface area contributed by atoms with E-state index >= 15 is 0 Å². The number of aliphatic hydroxyl groups is 1. The molecule has 1 spiro atoms. The summed E-state index contributed by atoms with van der Waals surface area (Å²) in [6.07, 6.45) is 5.60. The first kappa shape index (κ1) is 28.4. The Morgan fingerprint density at radius 2 is 1.95 bits per heavy atom. The van der Waals surface area contributed by atoms with Crippen LogP contribution in [0.1, 0.15) is 33.1 Å². The molecule has 3 saturated heterocycles. The fourth-order valence-electron chi connectivity index (χ4n) is 6.87. The van der Waals surface area contributed by atoms with Crippen molar-refractivity contribution in [1.29, 1.82) is 0 Å². The van der Waals surface area contributed by atoms with Crippen molar-refractivity contribution in [3.05, 3.63) is 49.6 Å². The standard InChI is InChI=1S/C29H38N6O4S/c1-5-14-32(15-6-2)26(37)23-22-12-13-29(40-22)24(23)27(38)35(19(4)17-36)25(29)28(39)33(16-7-3)18-34-21-11-9-8-10-20(21)30-31-34/h5,7-11,19,22-25,36H,1,3,6,12-18H2,2,4H3/t19-,22+,23-,24+,25?,29?/m1/s1. The number of hydrogen-bond acceptors (Lipinski definition) is 7. The summed E-state index contributed by atoms with van der Waals surface area (Å²) in [7, 11) is 0. The Kier molecular flexibility index (Phi) is 8.05. The summed E-state index contributed by atoms with van der Waals surface area (Å²) >= 11 is 1.63. The number of rotatable bonds is 12. The largest absolute Gasteiger partial charge is 0.394 e. The van der Waals surface area contributed by atoms with Crippen molar-refractivity contribution in [3.63, 3.8) is 0 Å². The van der Waals surface area contributed by atoms with Crippen LogP contribution in [-0.2, 0) is 21.1 Å². The van der Waals surface area contributed by atoms with Gasteiger partial charge in [-0.05, 0) is 38.3 Å². The molecule has 1 aromatic heterocycles. The van der Waals surface area contributed by atoms with E-state index in [1.54, 1.807) is 50.2 Å². The number of para-hydroxylation sites is 1. The molecule has 40 heavy (non-hydrogen) atoms. The van der Waals surface area contributed by atoms with Crippen molar-refractivity contribution in [2.24, 2.45) is 11.8 Å². The Bertz CT molecular complexity index is 1310. The highest BCUT2D eigenvalue weighted by molar-refractivity contribution is 8.02. The number of aliphatic hydroxyl groups excluding tert-OH is 1. The maximum absolute atomic E-state index is 14.5. The molecule has 1 aromatic carbocycles. The van der Waals surface area contributed by atoms with Crippen LogP contribution >= 0.6 is 11.8 Å². The Labute approximate surface area is 239 Å². The second kappa shape index (κ2) is 11.4. The minimum Gasteiger partial charge on any atom is -0.394 e. The monoisotopic (exact) mass is 566 g/mol. The van der Waals surface area contributed by atoms with Crippen LogP contribution in [0.5, 0.6) is 0 Å². The molecular formula is C29H38N6O4S. The van der Waals surface area contributed by atoms with E-state index in [1.165, 1.54) is 0 Å². The van der Waals surface area contributed by atoms with Gasteiger partial charge in [0.2, 0.25) is 17.7 Å². The van der Waals surface area contributed by atoms with Gasteiger partial charge in [-0.1, -0.05) is 36.4 Å². The van der Waals surface area contributed by atoms with Crippen molar-refractivity contribution in [2.45, 2.75) is 61.9 Å². The topological polar surface area (TPSA) is 112 Å². The predicted molar refractivity (Wildman–Crippen MR) is 154 cm³/mol. The molecule has 5 rings (SSSR count). The lowest BCUT2D eigenvalue weighted by atomic mass is 9.70. The predicted octanol–water partition coefficient (Wildman–Crippen LogP) is 2.30. The van der Waals surface area contributed by atoms with Crippen LogP contribution in [0.3, 0.4) is 0 Å². The maximum atomic E-state index is 14.5. The quantitative estimate of drug-likeness (QED) is 0.393. The van der Waals surface area contributed by atoms with E-state index in [2.05, 4.69) is 23.5 Å². The van der Waals surface area contributed by atoms with Crippen LogP contribution < -0.4 is 0 Å². The Balaban J connectivity index is 1.52. The molecule has 2 aromatic rings. The Hall–Kier alpha value is -3.18. The number of carbonyl (C=O) groups is 3. The zero-order chi connectivity index (χ0) is 28.6. The van der Waals surface area contributed by atoms with Gasteiger partial charge in [0.05, 0.1) is 34.7 Å². The van der Waals surface area contributed by atoms with Gasteiger partial charge in [0, 0.05) is 24.9 Å². The van der Waals surface area contributed by atoms with Crippen molar-refractivity contribution in [2.75, 3.05) is 26.2 Å². The first-order chi connectivity index (χ1) is 19.3. The van der Waals surface area contributed by atoms with Gasteiger partial charge in [0.15, 0.2) is 0 Å². The number of aromatic nitrogens is 3. The molecule has 1 N–H and O–H groups in total. The number of thioether (sulfide) groups is 1. The summed E-state index contributed by atoms with van der Waals surface area (Å²) in [4.78, 5) is 47.6. The van der Waals surface area contributed by atoms with Gasteiger partial charge in [-0.15, -0.1) is 30.0 Å². The molecule has 2 unspecified atom stereocenters. The molecule has 10 nitrogen and oxygen atoms in total. The van der Waals surface area contributed by atoms with Gasteiger partial charge in [-0.3, -0.25) is 14.4 Å². The molecule has 214 valence electrons. The minimum absolute atomic E-state index is 0.0281. The van der Waals surface area contributed by atoms with E-state index in [9.17, 15) is 19.5 Å². The van der Waals surface area contributed by atoms with Crippen LogP contribution in [0.25, 0.3) is 11.0 Å². The van der Waals surface area contributed by atoms with Gasteiger partial charge >= 0.3 is 0 Å². The third-order valence-corrected chi connectivity index (χ3v) is 10.5. The summed E-state index contributed by atoms with van der Waals surface area (Å²) in [6, 6.07) is 6.15. The molecule has 0 aliphatic carbocycles. The van der Waals surface area contributed by atoms with Gasteiger partial charge in [0.1, 0.15) is 18.2 Å². The van der Waals surface area contributed by atoms with Gasteiger partial charge in [-0.25, -0.2) is 4.68 Å². The average molecular weight is 567 g/mol. The Morgan fingerprint density at radius 3 is 2.65 bits per heavy atom. The van der Waals surface area contributed by atoms with Crippen LogP contribution in [-0.4, -0.2) is 101 Å². The lowest BCUT2D eigenvalue weighted by molar-refractivity contribution is -0.147. The van der Waals surface area contributed by atoms with Crippen LogP contribution in [0.2, 0.25) is 0 Å². The fourth-order valence-corrected chi connectivity index (χ4v) is 9.06. The Morgan fingerprint density at radius 1 is 1.23 bits per heavy atom. The third kappa shape index (κ3) is 4.43. The maximum Gasteiger partial charge on any atom is 0.248 e. The second-order valence-electron chi connectivity index (χ2n) is 11.0. The number of nitrogens with zero attached hydrogens (tertiary/aromatic N) is 6. The lowest BCUT2D eigenvalue weighted by Crippen LogP contribution is -2.57. The van der Waals surface area contributed by atoms with Gasteiger partial charge in [0.25, 0.3) is 0 Å². The van der Waals surface area contributed by atoms with Crippen LogP contribution in [0.4, 0.5) is 0 Å². The molecule has 4 heterocycles. The smallest absolute Gasteiger partial charge is 0.248 e. The highest BCUT2D eigenvalue weighted by Gasteiger charge is 2.74. The van der Waals surface area contributed by atoms with Crippen molar-refractivity contribution in [1.82, 2.24) is 29.7 Å². The average Bonchev–Trinajstić information content (AvgIpc) is 3.71. The molecule has 2 bridgehead atoms. The van der Waals surface area contributed by atoms with Crippen molar-refractivity contribution < 1.29 is 19.5 Å². The molecular weight excluding hydrogens is 528 g/mol. The summed E-state index contributed by atoms with van der Waals surface area (Å²) in [6.45, 7) is 12.6. The van der Waals surface area contributed by atoms with Crippen molar-refractivity contribution in [3.8, 4) is 0 Å². The van der Waals surface area contributed by atoms with E-state index in [4.69, 9.17) is 0 Å². The number of likely N-dealkylation sites (tertiary alicyclic amines) is 1. The molecule has 3 aliphatic heterocycles. The zero-order valence-corrected chi connectivity index (χ0v) is 24.0. The van der Waals surface area contributed by atoms with E-state index < -0.39 is 28.7 Å². The molecule has 3 amide bonds. The molecule has 0 radical (unpaired) electrons. The third-order valence-electron chi connectivity index (χ3n) is 8.54. The van der Waals surface area contributed by atoms with E-state index in [0.717, 1.165) is 23.9 Å². The summed E-state index contributed by atoms with van der Waals surface area (Å²) < 4.78 is 0.935. The molecule has 11 heteroatoms. The normalized spacial score (nSPS) is 27.6. The molecule has 3 aliphatic rings. The van der Waals surface area contributed by atoms with E-state index in [-0.39, 0.29) is 42.8 Å². The van der Waals surface area contributed by atoms with Crippen LogP contribution in [0.15, 0.2) is 49.6 Å². The molecule has 0 saturated carbocycles. The van der Waals surface area contributed by atoms with E-state index in [1.807, 2.05) is 31.2 Å². The zero-order valence-electron chi connectivity index (χ0n) is 23.2. The number of benzene rings is 1. The number of hydrogen-bond donors (Lipinski definition) is 1. The lowest BCUT2D eigenvalue weighted by Gasteiger charge is -2.39. The van der Waals surface area contributed by atoms with Gasteiger partial charge < -0.3 is 19.8 Å². The SMILES string of the molecule is C=CCN(Cn1nnc2ccccc21)C(=O)C1N([C@H](C)CO)C(=O)[C@@H]2[C@H](C(=O)N(CC=C)CCC)[C@@H]3CCC12S3. The highest BCUT2D eigenvalue weighted by Crippen LogP contribution is 2.67. The molecule has 6 atom stereocenters. The summed E-state index contributed by atoms with van der Waals surface area (Å²) in [5.74, 6) is -1.60. The fraction of sp³-hybridized carbons (Fsp3) is 0.552. The van der Waals surface area contributed by atoms with Crippen LogP contribution in [0, 0.1) is 11.8 Å². The van der Waals surface area contributed by atoms with Gasteiger partial charge in [-0.2, -0.15) is 0 Å². The van der Waals surface area contributed by atoms with Crippen molar-refractivity contribution >= 4 is 40.5 Å². The van der Waals surface area contributed by atoms with E-state index in [0.29, 0.717) is 19.5 Å². The highest BCUT2D eigenvalue weighted by atomic mass is 32.2. The number of amides is 3. The number of fused-ring (bicyclic) bond motifs is 2. The first-order valence-electron chi connectivity index (χ1n) is 14.0. The summed E-state index contributed by atoms with van der Waals surface area (Å²) in [5.41, 5.74) is 1.52. The molecule has 3 fully saturated rings. The first-order valence-corrected chi connectivity index (χ1v) is 14.9. The minimum atomic E-state index is -0.811. The number of carbonyl (C=O) groups excluding carboxylic acids is 3.